The highest BCUT2D eigenvalue weighted by Gasteiger charge is 2.34. The first-order valence-electron chi connectivity index (χ1n) is 9.65. The summed E-state index contributed by atoms with van der Waals surface area (Å²) >= 11 is 6.01. The van der Waals surface area contributed by atoms with Crippen LogP contribution in [0.1, 0.15) is 18.1 Å². The van der Waals surface area contributed by atoms with Gasteiger partial charge in [0.25, 0.3) is 0 Å². The zero-order valence-corrected chi connectivity index (χ0v) is 19.6. The molecule has 0 radical (unpaired) electrons. The first kappa shape index (κ1) is 26.5. The molecule has 0 spiro atoms. The molecule has 0 saturated carbocycles. The summed E-state index contributed by atoms with van der Waals surface area (Å²) in [7, 11) is -2.84. The molecule has 180 valence electrons. The number of likely N-dealkylation sites (N-methyl/N-ethyl adjacent to an activating group) is 1. The van der Waals surface area contributed by atoms with Gasteiger partial charge >= 0.3 is 6.18 Å². The second-order valence-electron chi connectivity index (χ2n) is 7.23. The molecule has 33 heavy (non-hydrogen) atoms. The molecule has 0 heterocycles. The van der Waals surface area contributed by atoms with E-state index in [0.29, 0.717) is 22.0 Å². The predicted octanol–water partition coefficient (Wildman–Crippen LogP) is 3.29. The summed E-state index contributed by atoms with van der Waals surface area (Å²) in [6, 6.07) is 9.87. The van der Waals surface area contributed by atoms with Gasteiger partial charge in [-0.3, -0.25) is 13.9 Å². The fourth-order valence-electron chi connectivity index (χ4n) is 3.05. The maximum atomic E-state index is 13.2. The third-order valence-electron chi connectivity index (χ3n) is 4.83. The lowest BCUT2D eigenvalue weighted by molar-refractivity contribution is -0.139. The standard InChI is InChI=1S/C21H23ClF3N3O4S/c1-14(20(30)26-2)27(12-15-7-5-4-6-8-15)19(29)13-28(33(3,31)32)18-11-16(21(23,24)25)9-10-17(18)22/h4-11,14H,12-13H2,1-3H3,(H,26,30)/t14-/m0/s1. The fourth-order valence-corrected chi connectivity index (χ4v) is 4.17. The molecular formula is C21H23ClF3N3O4S. The first-order valence-corrected chi connectivity index (χ1v) is 11.9. The van der Waals surface area contributed by atoms with Crippen molar-refractivity contribution in [2.45, 2.75) is 25.7 Å². The van der Waals surface area contributed by atoms with Gasteiger partial charge in [-0.1, -0.05) is 41.9 Å². The van der Waals surface area contributed by atoms with Crippen molar-refractivity contribution in [1.82, 2.24) is 10.2 Å². The van der Waals surface area contributed by atoms with Gasteiger partial charge in [0.1, 0.15) is 12.6 Å². The third-order valence-corrected chi connectivity index (χ3v) is 6.28. The number of hydrogen-bond acceptors (Lipinski definition) is 4. The number of anilines is 1. The average molecular weight is 506 g/mol. The molecule has 2 aromatic rings. The third kappa shape index (κ3) is 6.84. The van der Waals surface area contributed by atoms with Gasteiger partial charge < -0.3 is 10.2 Å². The molecule has 2 aromatic carbocycles. The fraction of sp³-hybridized carbons (Fsp3) is 0.333. The lowest BCUT2D eigenvalue weighted by Crippen LogP contribution is -2.50. The van der Waals surface area contributed by atoms with Crippen molar-refractivity contribution >= 4 is 39.1 Å². The molecule has 0 aliphatic carbocycles. The maximum Gasteiger partial charge on any atom is 0.416 e. The van der Waals surface area contributed by atoms with Gasteiger partial charge in [0.15, 0.2) is 0 Å². The molecule has 0 aliphatic rings. The molecule has 0 fully saturated rings. The number of alkyl halides is 3. The van der Waals surface area contributed by atoms with E-state index in [2.05, 4.69) is 5.32 Å². The van der Waals surface area contributed by atoms with Crippen molar-refractivity contribution in [3.8, 4) is 0 Å². The Hall–Kier alpha value is -2.79. The first-order chi connectivity index (χ1) is 15.3. The van der Waals surface area contributed by atoms with Crippen LogP contribution >= 0.6 is 11.6 Å². The minimum atomic E-state index is -4.75. The number of amides is 2. The van der Waals surface area contributed by atoms with E-state index in [1.165, 1.54) is 14.0 Å². The van der Waals surface area contributed by atoms with Crippen molar-refractivity contribution in [1.29, 1.82) is 0 Å². The number of carbonyl (C=O) groups is 2. The Bertz CT molecular complexity index is 1110. The number of benzene rings is 2. The molecule has 0 saturated heterocycles. The summed E-state index contributed by atoms with van der Waals surface area (Å²) in [6.45, 7) is 0.581. The van der Waals surface area contributed by atoms with Gasteiger partial charge in [0.2, 0.25) is 21.8 Å². The Labute approximate surface area is 195 Å². The Morgan fingerprint density at radius 1 is 1.12 bits per heavy atom. The van der Waals surface area contributed by atoms with Crippen LogP contribution in [0.25, 0.3) is 0 Å². The van der Waals surface area contributed by atoms with Crippen LogP contribution in [0.2, 0.25) is 5.02 Å². The highest BCUT2D eigenvalue weighted by atomic mass is 35.5. The molecule has 12 heteroatoms. The zero-order valence-electron chi connectivity index (χ0n) is 18.1. The molecule has 0 aliphatic heterocycles. The van der Waals surface area contributed by atoms with E-state index in [4.69, 9.17) is 11.6 Å². The Balaban J connectivity index is 2.48. The van der Waals surface area contributed by atoms with Gasteiger partial charge in [-0.05, 0) is 30.7 Å². The van der Waals surface area contributed by atoms with E-state index in [9.17, 15) is 31.2 Å². The van der Waals surface area contributed by atoms with E-state index < -0.39 is 51.9 Å². The average Bonchev–Trinajstić information content (AvgIpc) is 2.74. The highest BCUT2D eigenvalue weighted by Crippen LogP contribution is 2.36. The predicted molar refractivity (Wildman–Crippen MR) is 119 cm³/mol. The van der Waals surface area contributed by atoms with Crippen LogP contribution in [0.4, 0.5) is 18.9 Å². The number of carbonyl (C=O) groups excluding carboxylic acids is 2. The van der Waals surface area contributed by atoms with Crippen LogP contribution in [0.3, 0.4) is 0 Å². The Kier molecular flexibility index (Phi) is 8.36. The number of sulfonamides is 1. The minimum Gasteiger partial charge on any atom is -0.357 e. The van der Waals surface area contributed by atoms with Crippen molar-refractivity contribution in [2.24, 2.45) is 0 Å². The number of nitrogens with zero attached hydrogens (tertiary/aromatic N) is 2. The van der Waals surface area contributed by atoms with Gasteiger partial charge in [0.05, 0.1) is 22.5 Å². The number of halogens is 4. The normalized spacial score (nSPS) is 12.7. The summed E-state index contributed by atoms with van der Waals surface area (Å²) in [4.78, 5) is 26.6. The van der Waals surface area contributed by atoms with Gasteiger partial charge in [0, 0.05) is 13.6 Å². The van der Waals surface area contributed by atoms with E-state index >= 15 is 0 Å². The second kappa shape index (κ2) is 10.4. The number of hydrogen-bond donors (Lipinski definition) is 1. The van der Waals surface area contributed by atoms with Crippen molar-refractivity contribution in [3.05, 3.63) is 64.7 Å². The molecule has 0 unspecified atom stereocenters. The molecule has 1 N–H and O–H groups in total. The highest BCUT2D eigenvalue weighted by molar-refractivity contribution is 7.92. The summed E-state index contributed by atoms with van der Waals surface area (Å²) in [5, 5.41) is 2.14. The largest absolute Gasteiger partial charge is 0.416 e. The van der Waals surface area contributed by atoms with Gasteiger partial charge in [-0.25, -0.2) is 8.42 Å². The van der Waals surface area contributed by atoms with Crippen molar-refractivity contribution in [3.63, 3.8) is 0 Å². The van der Waals surface area contributed by atoms with Gasteiger partial charge in [-0.15, -0.1) is 0 Å². The van der Waals surface area contributed by atoms with Crippen LogP contribution in [-0.4, -0.2) is 51.0 Å². The summed E-state index contributed by atoms with van der Waals surface area (Å²) < 4.78 is 65.0. The Morgan fingerprint density at radius 2 is 1.73 bits per heavy atom. The zero-order chi connectivity index (χ0) is 25.0. The van der Waals surface area contributed by atoms with E-state index in [-0.39, 0.29) is 11.6 Å². The smallest absolute Gasteiger partial charge is 0.357 e. The van der Waals surface area contributed by atoms with E-state index in [1.54, 1.807) is 30.3 Å². The number of rotatable bonds is 8. The molecule has 2 rings (SSSR count). The molecule has 0 bridgehead atoms. The van der Waals surface area contributed by atoms with Crippen LogP contribution in [0.5, 0.6) is 0 Å². The summed E-state index contributed by atoms with van der Waals surface area (Å²) in [5.74, 6) is -1.30. The summed E-state index contributed by atoms with van der Waals surface area (Å²) in [5.41, 5.74) is -0.943. The van der Waals surface area contributed by atoms with E-state index in [0.717, 1.165) is 17.2 Å². The molecule has 7 nitrogen and oxygen atoms in total. The lowest BCUT2D eigenvalue weighted by Gasteiger charge is -2.31. The van der Waals surface area contributed by atoms with Gasteiger partial charge in [-0.2, -0.15) is 13.2 Å². The monoisotopic (exact) mass is 505 g/mol. The van der Waals surface area contributed by atoms with Crippen LogP contribution in [0, 0.1) is 0 Å². The quantitative estimate of drug-likeness (QED) is 0.596. The van der Waals surface area contributed by atoms with Crippen molar-refractivity contribution < 1.29 is 31.2 Å². The topological polar surface area (TPSA) is 86.8 Å². The SMILES string of the molecule is CNC(=O)[C@H](C)N(Cc1ccccc1)C(=O)CN(c1cc(C(F)(F)F)ccc1Cl)S(C)(=O)=O. The lowest BCUT2D eigenvalue weighted by atomic mass is 10.1. The number of nitrogens with one attached hydrogen (secondary N) is 1. The van der Waals surface area contributed by atoms with Crippen LogP contribution in [-0.2, 0) is 32.3 Å². The Morgan fingerprint density at radius 3 is 2.24 bits per heavy atom. The van der Waals surface area contributed by atoms with Crippen LogP contribution in [0.15, 0.2) is 48.5 Å². The van der Waals surface area contributed by atoms with E-state index in [1.807, 2.05) is 0 Å². The minimum absolute atomic E-state index is 0.0256. The second-order valence-corrected chi connectivity index (χ2v) is 9.55. The molecule has 0 aromatic heterocycles. The van der Waals surface area contributed by atoms with Crippen LogP contribution < -0.4 is 9.62 Å². The molecular weight excluding hydrogens is 483 g/mol. The van der Waals surface area contributed by atoms with Crippen molar-refractivity contribution in [2.75, 3.05) is 24.2 Å². The summed E-state index contributed by atoms with van der Waals surface area (Å²) in [6.07, 6.45) is -4.00. The molecule has 1 atom stereocenters. The molecule has 2 amide bonds. The maximum absolute atomic E-state index is 13.2.